The molecule has 0 saturated heterocycles. The molecule has 5 heteroatoms. The lowest BCUT2D eigenvalue weighted by Crippen LogP contribution is -2.21. The van der Waals surface area contributed by atoms with Gasteiger partial charge in [-0.1, -0.05) is 18.2 Å². The summed E-state index contributed by atoms with van der Waals surface area (Å²) >= 11 is 0. The highest BCUT2D eigenvalue weighted by atomic mass is 16.1. The number of pyridine rings is 1. The Bertz CT molecular complexity index is 1140. The Hall–Kier alpha value is -3.21. The van der Waals surface area contributed by atoms with E-state index in [4.69, 9.17) is 0 Å². The summed E-state index contributed by atoms with van der Waals surface area (Å²) in [6.07, 6.45) is 3.41. The van der Waals surface area contributed by atoms with Crippen LogP contribution in [-0.4, -0.2) is 19.3 Å². The van der Waals surface area contributed by atoms with Crippen LogP contribution in [0.1, 0.15) is 17.0 Å². The van der Waals surface area contributed by atoms with Gasteiger partial charge >= 0.3 is 0 Å². The molecule has 3 heterocycles. The molecule has 0 amide bonds. The predicted molar refractivity (Wildman–Crippen MR) is 98.7 cm³/mol. The van der Waals surface area contributed by atoms with E-state index >= 15 is 0 Å². The molecule has 3 aromatic heterocycles. The van der Waals surface area contributed by atoms with Crippen LogP contribution in [0, 0.1) is 20.8 Å². The van der Waals surface area contributed by atoms with Crippen LogP contribution in [0.3, 0.4) is 0 Å². The second-order valence-corrected chi connectivity index (χ2v) is 6.18. The summed E-state index contributed by atoms with van der Waals surface area (Å²) in [7, 11) is 0. The Balaban J connectivity index is 2.03. The molecule has 0 spiro atoms. The molecule has 0 saturated carbocycles. The first-order valence-electron chi connectivity index (χ1n) is 8.16. The van der Waals surface area contributed by atoms with Gasteiger partial charge < -0.3 is 4.57 Å². The minimum atomic E-state index is -0.150. The van der Waals surface area contributed by atoms with Crippen molar-refractivity contribution in [3.8, 4) is 11.5 Å². The van der Waals surface area contributed by atoms with Gasteiger partial charge in [-0.2, -0.15) is 9.78 Å². The minimum Gasteiger partial charge on any atom is -0.317 e. The zero-order chi connectivity index (χ0) is 17.6. The van der Waals surface area contributed by atoms with Crippen molar-refractivity contribution < 1.29 is 0 Å². The summed E-state index contributed by atoms with van der Waals surface area (Å²) in [4.78, 5) is 17.3. The summed E-state index contributed by atoms with van der Waals surface area (Å²) in [5.74, 6) is 0.523. The standard InChI is InChI=1S/C20H18N4O/c1-13-7-6-8-16(11-13)23-14(2)17-12-22-24(18-9-4-5-10-21-18)20(25)19(17)15(23)3/h4-12H,1-3H3. The number of nitrogens with zero attached hydrogens (tertiary/aromatic N) is 4. The molecule has 0 atom stereocenters. The first-order valence-corrected chi connectivity index (χ1v) is 8.16. The van der Waals surface area contributed by atoms with E-state index in [1.807, 2.05) is 32.0 Å². The van der Waals surface area contributed by atoms with Gasteiger partial charge in [0.1, 0.15) is 0 Å². The molecule has 5 nitrogen and oxygen atoms in total. The fraction of sp³-hybridized carbons (Fsp3) is 0.150. The maximum Gasteiger partial charge on any atom is 0.282 e. The molecule has 0 aliphatic rings. The van der Waals surface area contributed by atoms with Gasteiger partial charge in [-0.3, -0.25) is 4.79 Å². The third-order valence-electron chi connectivity index (χ3n) is 4.53. The summed E-state index contributed by atoms with van der Waals surface area (Å²) in [6, 6.07) is 13.7. The van der Waals surface area contributed by atoms with Crippen molar-refractivity contribution in [3.05, 3.63) is 82.2 Å². The second-order valence-electron chi connectivity index (χ2n) is 6.18. The summed E-state index contributed by atoms with van der Waals surface area (Å²) < 4.78 is 3.47. The average Bonchev–Trinajstić information content (AvgIpc) is 2.87. The highest BCUT2D eigenvalue weighted by Gasteiger charge is 2.18. The number of benzene rings is 1. The van der Waals surface area contributed by atoms with Crippen LogP contribution < -0.4 is 5.56 Å². The normalized spacial score (nSPS) is 11.2. The lowest BCUT2D eigenvalue weighted by atomic mass is 10.2. The maximum absolute atomic E-state index is 13.1. The average molecular weight is 330 g/mol. The van der Waals surface area contributed by atoms with E-state index in [1.54, 1.807) is 18.5 Å². The van der Waals surface area contributed by atoms with Gasteiger partial charge in [0, 0.05) is 28.7 Å². The lowest BCUT2D eigenvalue weighted by molar-refractivity contribution is 0.794. The molecule has 124 valence electrons. The summed E-state index contributed by atoms with van der Waals surface area (Å²) in [5, 5.41) is 5.88. The Morgan fingerprint density at radius 3 is 2.52 bits per heavy atom. The van der Waals surface area contributed by atoms with E-state index in [1.165, 1.54) is 10.2 Å². The SMILES string of the molecule is Cc1cccc(-n2c(C)c3cnn(-c4ccccn4)c(=O)c3c2C)c1. The van der Waals surface area contributed by atoms with Crippen LogP contribution >= 0.6 is 0 Å². The van der Waals surface area contributed by atoms with Crippen molar-refractivity contribution in [3.63, 3.8) is 0 Å². The molecule has 0 aliphatic heterocycles. The Kier molecular flexibility index (Phi) is 3.50. The second kappa shape index (κ2) is 5.70. The van der Waals surface area contributed by atoms with E-state index in [0.717, 1.165) is 22.5 Å². The number of rotatable bonds is 2. The van der Waals surface area contributed by atoms with Crippen molar-refractivity contribution in [1.82, 2.24) is 19.3 Å². The molecular formula is C20H18N4O. The third-order valence-corrected chi connectivity index (χ3v) is 4.53. The van der Waals surface area contributed by atoms with Gasteiger partial charge in [0.15, 0.2) is 5.82 Å². The Morgan fingerprint density at radius 2 is 1.80 bits per heavy atom. The third kappa shape index (κ3) is 2.36. The number of aryl methyl sites for hydroxylation is 3. The molecule has 0 fully saturated rings. The highest BCUT2D eigenvalue weighted by molar-refractivity contribution is 5.88. The van der Waals surface area contributed by atoms with E-state index in [-0.39, 0.29) is 5.56 Å². The van der Waals surface area contributed by atoms with Crippen LogP contribution in [0.15, 0.2) is 59.7 Å². The number of hydrogen-bond acceptors (Lipinski definition) is 3. The van der Waals surface area contributed by atoms with Crippen LogP contribution in [0.25, 0.3) is 22.3 Å². The van der Waals surface area contributed by atoms with Crippen LogP contribution in [0.2, 0.25) is 0 Å². The Morgan fingerprint density at radius 1 is 0.960 bits per heavy atom. The summed E-state index contributed by atoms with van der Waals surface area (Å²) in [6.45, 7) is 6.05. The summed E-state index contributed by atoms with van der Waals surface area (Å²) in [5.41, 5.74) is 4.00. The topological polar surface area (TPSA) is 52.7 Å². The van der Waals surface area contributed by atoms with Gasteiger partial charge in [-0.05, 0) is 50.6 Å². The van der Waals surface area contributed by atoms with Crippen molar-refractivity contribution in [2.24, 2.45) is 0 Å². The van der Waals surface area contributed by atoms with Crippen molar-refractivity contribution >= 4 is 10.8 Å². The quantitative estimate of drug-likeness (QED) is 0.565. The fourth-order valence-electron chi connectivity index (χ4n) is 3.36. The lowest BCUT2D eigenvalue weighted by Gasteiger charge is -2.09. The highest BCUT2D eigenvalue weighted by Crippen LogP contribution is 2.26. The van der Waals surface area contributed by atoms with Crippen molar-refractivity contribution in [2.45, 2.75) is 20.8 Å². The molecule has 0 radical (unpaired) electrons. The van der Waals surface area contributed by atoms with E-state index in [0.29, 0.717) is 11.2 Å². The zero-order valence-electron chi connectivity index (χ0n) is 14.4. The smallest absolute Gasteiger partial charge is 0.282 e. The number of hydrogen-bond donors (Lipinski definition) is 0. The molecule has 0 bridgehead atoms. The molecular weight excluding hydrogens is 312 g/mol. The van der Waals surface area contributed by atoms with E-state index in [2.05, 4.69) is 39.8 Å². The Labute approximate surface area is 145 Å². The molecule has 0 aliphatic carbocycles. The van der Waals surface area contributed by atoms with Crippen LogP contribution in [0.5, 0.6) is 0 Å². The monoisotopic (exact) mass is 330 g/mol. The number of fused-ring (bicyclic) bond motifs is 1. The molecule has 25 heavy (non-hydrogen) atoms. The fourth-order valence-corrected chi connectivity index (χ4v) is 3.36. The van der Waals surface area contributed by atoms with Gasteiger partial charge in [-0.15, -0.1) is 0 Å². The molecule has 4 aromatic rings. The van der Waals surface area contributed by atoms with Gasteiger partial charge in [0.2, 0.25) is 0 Å². The number of aromatic nitrogens is 4. The van der Waals surface area contributed by atoms with Gasteiger partial charge in [0.05, 0.1) is 11.6 Å². The minimum absolute atomic E-state index is 0.150. The molecule has 0 N–H and O–H groups in total. The molecule has 0 unspecified atom stereocenters. The van der Waals surface area contributed by atoms with Crippen molar-refractivity contribution in [2.75, 3.05) is 0 Å². The molecule has 1 aromatic carbocycles. The zero-order valence-corrected chi connectivity index (χ0v) is 14.4. The van der Waals surface area contributed by atoms with E-state index < -0.39 is 0 Å². The van der Waals surface area contributed by atoms with Crippen LogP contribution in [-0.2, 0) is 0 Å². The van der Waals surface area contributed by atoms with Gasteiger partial charge in [-0.25, -0.2) is 4.98 Å². The van der Waals surface area contributed by atoms with E-state index in [9.17, 15) is 4.79 Å². The first-order chi connectivity index (χ1) is 12.1. The molecule has 4 rings (SSSR count). The maximum atomic E-state index is 13.1. The van der Waals surface area contributed by atoms with Crippen molar-refractivity contribution in [1.29, 1.82) is 0 Å². The van der Waals surface area contributed by atoms with Crippen LogP contribution in [0.4, 0.5) is 0 Å². The predicted octanol–water partition coefficient (Wildman–Crippen LogP) is 3.50. The first kappa shape index (κ1) is 15.3. The largest absolute Gasteiger partial charge is 0.317 e. The van der Waals surface area contributed by atoms with Gasteiger partial charge in [0.25, 0.3) is 5.56 Å².